The molecule has 1 N–H and O–H groups in total. The molecule has 0 spiro atoms. The fourth-order valence-electron chi connectivity index (χ4n) is 2.84. The van der Waals surface area contributed by atoms with E-state index in [4.69, 9.17) is 0 Å². The second-order valence-electron chi connectivity index (χ2n) is 6.00. The van der Waals surface area contributed by atoms with Gasteiger partial charge in [0.25, 0.3) is 0 Å². The third-order valence-electron chi connectivity index (χ3n) is 3.98. The molecule has 0 amide bonds. The highest BCUT2D eigenvalue weighted by molar-refractivity contribution is 5.61. The molecule has 0 aliphatic carbocycles. The number of hydrogen-bond donors (Lipinski definition) is 1. The van der Waals surface area contributed by atoms with Crippen molar-refractivity contribution in [3.63, 3.8) is 0 Å². The van der Waals surface area contributed by atoms with Crippen LogP contribution in [0.3, 0.4) is 0 Å². The van der Waals surface area contributed by atoms with E-state index >= 15 is 0 Å². The predicted molar refractivity (Wildman–Crippen MR) is 85.2 cm³/mol. The largest absolute Gasteiger partial charge is 0.418 e. The number of para-hydroxylation sites is 1. The number of alkyl halides is 3. The first kappa shape index (κ1) is 16.5. The van der Waals surface area contributed by atoms with Crippen LogP contribution in [-0.2, 0) is 6.18 Å². The van der Waals surface area contributed by atoms with Crippen LogP contribution in [0.5, 0.6) is 0 Å². The third kappa shape index (κ3) is 3.74. The number of piperidine rings is 1. The number of halogens is 3. The topological polar surface area (TPSA) is 53.9 Å². The Morgan fingerprint density at radius 1 is 1.25 bits per heavy atom. The average molecular weight is 337 g/mol. The summed E-state index contributed by atoms with van der Waals surface area (Å²) in [5.74, 6) is 1.22. The van der Waals surface area contributed by atoms with Gasteiger partial charge < -0.3 is 10.2 Å². The summed E-state index contributed by atoms with van der Waals surface area (Å²) in [5.41, 5.74) is -0.791. The van der Waals surface area contributed by atoms with Gasteiger partial charge in [0.2, 0.25) is 5.95 Å². The first-order chi connectivity index (χ1) is 11.4. The molecule has 1 aromatic carbocycles. The lowest BCUT2D eigenvalue weighted by Crippen LogP contribution is -2.35. The van der Waals surface area contributed by atoms with E-state index in [1.807, 2.05) is 4.90 Å². The van der Waals surface area contributed by atoms with Crippen LogP contribution in [0.1, 0.15) is 25.3 Å². The molecule has 0 saturated carbocycles. The van der Waals surface area contributed by atoms with Gasteiger partial charge in [-0.05, 0) is 30.9 Å². The Morgan fingerprint density at radius 3 is 2.79 bits per heavy atom. The average Bonchev–Trinajstić information content (AvgIpc) is 2.55. The molecular weight excluding hydrogens is 319 g/mol. The summed E-state index contributed by atoms with van der Waals surface area (Å²) in [6.07, 6.45) is -0.918. The van der Waals surface area contributed by atoms with Gasteiger partial charge in [0.15, 0.2) is 5.82 Å². The summed E-state index contributed by atoms with van der Waals surface area (Å²) >= 11 is 0. The normalized spacial score (nSPS) is 18.5. The Kier molecular flexibility index (Phi) is 4.55. The quantitative estimate of drug-likeness (QED) is 0.921. The lowest BCUT2D eigenvalue weighted by atomic mass is 10.0. The van der Waals surface area contributed by atoms with Crippen molar-refractivity contribution < 1.29 is 13.2 Å². The molecule has 1 aromatic heterocycles. The maximum Gasteiger partial charge on any atom is 0.418 e. The van der Waals surface area contributed by atoms with Crippen LogP contribution < -0.4 is 10.2 Å². The SMILES string of the molecule is CC1CCCN(c2nncc(Nc3ccccc3C(F)(F)F)n2)C1. The number of rotatable bonds is 3. The van der Waals surface area contributed by atoms with Crippen molar-refractivity contribution in [3.8, 4) is 0 Å². The zero-order valence-electron chi connectivity index (χ0n) is 13.2. The van der Waals surface area contributed by atoms with Crippen molar-refractivity contribution in [3.05, 3.63) is 36.0 Å². The minimum Gasteiger partial charge on any atom is -0.339 e. The van der Waals surface area contributed by atoms with Crippen molar-refractivity contribution in [1.29, 1.82) is 0 Å². The van der Waals surface area contributed by atoms with Crippen molar-refractivity contribution >= 4 is 17.5 Å². The molecule has 1 saturated heterocycles. The minimum absolute atomic E-state index is 0.0523. The van der Waals surface area contributed by atoms with Gasteiger partial charge in [-0.2, -0.15) is 23.3 Å². The molecule has 8 heteroatoms. The van der Waals surface area contributed by atoms with Gasteiger partial charge in [-0.1, -0.05) is 19.1 Å². The lowest BCUT2D eigenvalue weighted by molar-refractivity contribution is -0.136. The Hall–Kier alpha value is -2.38. The van der Waals surface area contributed by atoms with Crippen LogP contribution in [0.2, 0.25) is 0 Å². The number of anilines is 3. The molecule has 2 heterocycles. The standard InChI is InChI=1S/C16H18F3N5/c1-11-5-4-8-24(10-11)15-22-14(9-20-23-15)21-13-7-3-2-6-12(13)16(17,18)19/h2-3,6-7,9,11H,4-5,8,10H2,1H3,(H,21,22,23). The van der Waals surface area contributed by atoms with E-state index in [0.717, 1.165) is 32.0 Å². The fourth-order valence-corrected chi connectivity index (χ4v) is 2.84. The van der Waals surface area contributed by atoms with Crippen LogP contribution in [0.15, 0.2) is 30.5 Å². The summed E-state index contributed by atoms with van der Waals surface area (Å²) in [5, 5.41) is 10.6. The zero-order chi connectivity index (χ0) is 17.2. The fraction of sp³-hybridized carbons (Fsp3) is 0.438. The van der Waals surface area contributed by atoms with Gasteiger partial charge in [-0.3, -0.25) is 0 Å². The molecule has 3 rings (SSSR count). The highest BCUT2D eigenvalue weighted by atomic mass is 19.4. The monoisotopic (exact) mass is 337 g/mol. The number of aromatic nitrogens is 3. The Labute approximate surface area is 137 Å². The first-order valence-electron chi connectivity index (χ1n) is 7.81. The molecule has 2 aromatic rings. The van der Waals surface area contributed by atoms with Gasteiger partial charge in [0.1, 0.15) is 0 Å². The van der Waals surface area contributed by atoms with Gasteiger partial charge in [0, 0.05) is 13.1 Å². The Bertz CT molecular complexity index is 704. The van der Waals surface area contributed by atoms with Crippen molar-refractivity contribution in [2.75, 3.05) is 23.3 Å². The summed E-state index contributed by atoms with van der Waals surface area (Å²) in [6.45, 7) is 3.81. The number of nitrogens with one attached hydrogen (secondary N) is 1. The second-order valence-corrected chi connectivity index (χ2v) is 6.00. The van der Waals surface area contributed by atoms with Gasteiger partial charge >= 0.3 is 6.18 Å². The van der Waals surface area contributed by atoms with Crippen molar-refractivity contribution in [2.45, 2.75) is 25.9 Å². The minimum atomic E-state index is -4.44. The second kappa shape index (κ2) is 6.62. The molecule has 1 fully saturated rings. The van der Waals surface area contributed by atoms with Crippen LogP contribution >= 0.6 is 0 Å². The van der Waals surface area contributed by atoms with E-state index < -0.39 is 11.7 Å². The third-order valence-corrected chi connectivity index (χ3v) is 3.98. The van der Waals surface area contributed by atoms with Gasteiger partial charge in [0.05, 0.1) is 17.4 Å². The predicted octanol–water partition coefficient (Wildman–Crippen LogP) is 3.87. The summed E-state index contributed by atoms with van der Waals surface area (Å²) in [7, 11) is 0. The smallest absolute Gasteiger partial charge is 0.339 e. The molecular formula is C16H18F3N5. The summed E-state index contributed by atoms with van der Waals surface area (Å²) in [6, 6.07) is 5.30. The maximum atomic E-state index is 13.1. The molecule has 24 heavy (non-hydrogen) atoms. The maximum absolute atomic E-state index is 13.1. The van der Waals surface area contributed by atoms with E-state index in [-0.39, 0.29) is 11.5 Å². The summed E-state index contributed by atoms with van der Waals surface area (Å²) in [4.78, 5) is 6.34. The first-order valence-corrected chi connectivity index (χ1v) is 7.81. The number of benzene rings is 1. The van der Waals surface area contributed by atoms with Crippen molar-refractivity contribution in [2.24, 2.45) is 5.92 Å². The van der Waals surface area contributed by atoms with E-state index in [9.17, 15) is 13.2 Å². The molecule has 1 aliphatic heterocycles. The van der Waals surface area contributed by atoms with E-state index in [1.165, 1.54) is 18.3 Å². The van der Waals surface area contributed by atoms with Crippen molar-refractivity contribution in [1.82, 2.24) is 15.2 Å². The number of nitrogens with zero attached hydrogens (tertiary/aromatic N) is 4. The molecule has 1 atom stereocenters. The lowest BCUT2D eigenvalue weighted by Gasteiger charge is -2.30. The Morgan fingerprint density at radius 2 is 2.04 bits per heavy atom. The molecule has 1 aliphatic rings. The summed E-state index contributed by atoms with van der Waals surface area (Å²) < 4.78 is 39.2. The highest BCUT2D eigenvalue weighted by Crippen LogP contribution is 2.35. The molecule has 1 unspecified atom stereocenters. The van der Waals surface area contributed by atoms with Crippen LogP contribution in [0.25, 0.3) is 0 Å². The molecule has 128 valence electrons. The molecule has 5 nitrogen and oxygen atoms in total. The van der Waals surface area contributed by atoms with Crippen LogP contribution in [-0.4, -0.2) is 28.3 Å². The Balaban J connectivity index is 1.83. The van der Waals surface area contributed by atoms with E-state index in [1.54, 1.807) is 6.07 Å². The highest BCUT2D eigenvalue weighted by Gasteiger charge is 2.33. The van der Waals surface area contributed by atoms with Crippen LogP contribution in [0, 0.1) is 5.92 Å². The van der Waals surface area contributed by atoms with Gasteiger partial charge in [-0.25, -0.2) is 0 Å². The zero-order valence-corrected chi connectivity index (χ0v) is 13.2. The molecule has 0 radical (unpaired) electrons. The van der Waals surface area contributed by atoms with Gasteiger partial charge in [-0.15, -0.1) is 5.10 Å². The number of hydrogen-bond acceptors (Lipinski definition) is 5. The molecule has 0 bridgehead atoms. The van der Waals surface area contributed by atoms with E-state index in [2.05, 4.69) is 27.4 Å². The van der Waals surface area contributed by atoms with E-state index in [0.29, 0.717) is 11.9 Å². The van der Waals surface area contributed by atoms with Crippen LogP contribution in [0.4, 0.5) is 30.6 Å².